The van der Waals surface area contributed by atoms with E-state index in [0.29, 0.717) is 6.42 Å². The number of halogens is 1. The van der Waals surface area contributed by atoms with Gasteiger partial charge in [0.1, 0.15) is 5.82 Å². The van der Waals surface area contributed by atoms with Gasteiger partial charge in [-0.3, -0.25) is 4.79 Å². The Morgan fingerprint density at radius 2 is 1.95 bits per heavy atom. The Morgan fingerprint density at radius 1 is 1.24 bits per heavy atom. The number of carbonyl (C=O) groups excluding carboxylic acids is 1. The van der Waals surface area contributed by atoms with Crippen molar-refractivity contribution in [3.63, 3.8) is 0 Å². The molecule has 0 amide bonds. The number of aryl methyl sites for hydroxylation is 2. The maximum atomic E-state index is 12.4. The summed E-state index contributed by atoms with van der Waals surface area (Å²) < 4.78 is 3.13. The van der Waals surface area contributed by atoms with E-state index in [-0.39, 0.29) is 11.2 Å². The van der Waals surface area contributed by atoms with Crippen molar-refractivity contribution in [2.24, 2.45) is 5.41 Å². The summed E-state index contributed by atoms with van der Waals surface area (Å²) >= 11 is 3.49. The SMILES string of the molecule is Cc1cc(-n2c(C)cc3c2CC(C)(C)CC3=O)ncc1Br. The topological polar surface area (TPSA) is 34.9 Å². The van der Waals surface area contributed by atoms with E-state index in [1.54, 1.807) is 0 Å². The van der Waals surface area contributed by atoms with Crippen molar-refractivity contribution in [3.05, 3.63) is 45.3 Å². The highest BCUT2D eigenvalue weighted by Gasteiger charge is 2.34. The van der Waals surface area contributed by atoms with Crippen molar-refractivity contribution in [2.75, 3.05) is 0 Å². The Hall–Kier alpha value is -1.42. The molecule has 0 saturated heterocycles. The lowest BCUT2D eigenvalue weighted by atomic mass is 9.76. The van der Waals surface area contributed by atoms with Crippen LogP contribution < -0.4 is 0 Å². The first kappa shape index (κ1) is 14.5. The van der Waals surface area contributed by atoms with E-state index in [0.717, 1.165) is 39.2 Å². The molecule has 1 aliphatic carbocycles. The predicted molar refractivity (Wildman–Crippen MR) is 87.2 cm³/mol. The number of Topliss-reactive ketones (excluding diaryl/α,β-unsaturated/α-hetero) is 1. The Labute approximate surface area is 133 Å². The summed E-state index contributed by atoms with van der Waals surface area (Å²) in [6.07, 6.45) is 3.35. The molecule has 110 valence electrons. The molecule has 0 radical (unpaired) electrons. The molecular formula is C17H19BrN2O. The summed E-state index contributed by atoms with van der Waals surface area (Å²) in [6, 6.07) is 4.06. The zero-order valence-corrected chi connectivity index (χ0v) is 14.4. The molecule has 4 heteroatoms. The van der Waals surface area contributed by atoms with E-state index < -0.39 is 0 Å². The van der Waals surface area contributed by atoms with E-state index in [1.807, 2.05) is 19.2 Å². The lowest BCUT2D eigenvalue weighted by Crippen LogP contribution is -2.28. The van der Waals surface area contributed by atoms with Gasteiger partial charge in [-0.2, -0.15) is 0 Å². The van der Waals surface area contributed by atoms with Gasteiger partial charge in [-0.05, 0) is 59.3 Å². The summed E-state index contributed by atoms with van der Waals surface area (Å²) in [4.78, 5) is 16.9. The number of pyridine rings is 1. The number of carbonyl (C=O) groups is 1. The molecule has 0 aliphatic heterocycles. The number of aromatic nitrogens is 2. The third kappa shape index (κ3) is 2.46. The number of hydrogen-bond acceptors (Lipinski definition) is 2. The molecule has 1 aliphatic rings. The average Bonchev–Trinajstić information content (AvgIpc) is 2.68. The van der Waals surface area contributed by atoms with Gasteiger partial charge in [-0.25, -0.2) is 4.98 Å². The van der Waals surface area contributed by atoms with Crippen LogP contribution in [-0.4, -0.2) is 15.3 Å². The zero-order valence-electron chi connectivity index (χ0n) is 12.8. The number of hydrogen-bond donors (Lipinski definition) is 0. The van der Waals surface area contributed by atoms with Gasteiger partial charge in [0.2, 0.25) is 0 Å². The molecule has 2 heterocycles. The van der Waals surface area contributed by atoms with Crippen molar-refractivity contribution < 1.29 is 4.79 Å². The number of nitrogens with zero attached hydrogens (tertiary/aromatic N) is 2. The lowest BCUT2D eigenvalue weighted by molar-refractivity contribution is 0.0911. The van der Waals surface area contributed by atoms with Crippen LogP contribution in [0.3, 0.4) is 0 Å². The molecule has 3 rings (SSSR count). The van der Waals surface area contributed by atoms with E-state index in [9.17, 15) is 4.79 Å². The molecule has 0 fully saturated rings. The van der Waals surface area contributed by atoms with Crippen molar-refractivity contribution >= 4 is 21.7 Å². The van der Waals surface area contributed by atoms with E-state index >= 15 is 0 Å². The van der Waals surface area contributed by atoms with Crippen LogP contribution in [0.25, 0.3) is 5.82 Å². The lowest BCUT2D eigenvalue weighted by Gasteiger charge is -2.29. The van der Waals surface area contributed by atoms with Gasteiger partial charge < -0.3 is 4.57 Å². The van der Waals surface area contributed by atoms with Crippen LogP contribution in [0, 0.1) is 19.3 Å². The van der Waals surface area contributed by atoms with Gasteiger partial charge in [0.25, 0.3) is 0 Å². The molecule has 21 heavy (non-hydrogen) atoms. The maximum Gasteiger partial charge on any atom is 0.165 e. The minimum Gasteiger partial charge on any atom is -0.302 e. The van der Waals surface area contributed by atoms with Crippen molar-refractivity contribution in [2.45, 2.75) is 40.5 Å². The van der Waals surface area contributed by atoms with Crippen LogP contribution in [0.2, 0.25) is 0 Å². The fraction of sp³-hybridized carbons (Fsp3) is 0.412. The van der Waals surface area contributed by atoms with Crippen LogP contribution >= 0.6 is 15.9 Å². The van der Waals surface area contributed by atoms with Crippen LogP contribution in [0.5, 0.6) is 0 Å². The van der Waals surface area contributed by atoms with Crippen molar-refractivity contribution in [3.8, 4) is 5.82 Å². The Bertz CT molecular complexity index is 743. The number of rotatable bonds is 1. The second kappa shape index (κ2) is 4.80. The van der Waals surface area contributed by atoms with Crippen molar-refractivity contribution in [1.82, 2.24) is 9.55 Å². The minimum absolute atomic E-state index is 0.0109. The summed E-state index contributed by atoms with van der Waals surface area (Å²) in [5, 5.41) is 0. The first-order valence-corrected chi connectivity index (χ1v) is 7.95. The molecule has 0 spiro atoms. The molecule has 0 unspecified atom stereocenters. The summed E-state index contributed by atoms with van der Waals surface area (Å²) in [6.45, 7) is 8.40. The highest BCUT2D eigenvalue weighted by Crippen LogP contribution is 2.37. The first-order chi connectivity index (χ1) is 9.78. The van der Waals surface area contributed by atoms with Gasteiger partial charge in [0.15, 0.2) is 5.78 Å². The van der Waals surface area contributed by atoms with Crippen LogP contribution in [0.15, 0.2) is 22.8 Å². The van der Waals surface area contributed by atoms with Gasteiger partial charge in [-0.1, -0.05) is 13.8 Å². The monoisotopic (exact) mass is 346 g/mol. The molecule has 0 aromatic carbocycles. The largest absolute Gasteiger partial charge is 0.302 e. The summed E-state index contributed by atoms with van der Waals surface area (Å²) in [5.74, 6) is 1.14. The molecule has 0 N–H and O–H groups in total. The number of ketones is 1. The molecule has 0 saturated carbocycles. The molecule has 3 nitrogen and oxygen atoms in total. The van der Waals surface area contributed by atoms with Crippen LogP contribution in [0.1, 0.15) is 47.6 Å². The second-order valence-corrected chi connectivity index (χ2v) is 7.57. The normalized spacial score (nSPS) is 16.9. The molecule has 0 atom stereocenters. The van der Waals surface area contributed by atoms with Crippen LogP contribution in [0.4, 0.5) is 0 Å². The minimum atomic E-state index is 0.0109. The van der Waals surface area contributed by atoms with E-state index in [2.05, 4.69) is 52.3 Å². The first-order valence-electron chi connectivity index (χ1n) is 7.15. The Kier molecular flexibility index (Phi) is 3.32. The summed E-state index contributed by atoms with van der Waals surface area (Å²) in [7, 11) is 0. The highest BCUT2D eigenvalue weighted by molar-refractivity contribution is 9.10. The van der Waals surface area contributed by atoms with Gasteiger partial charge in [-0.15, -0.1) is 0 Å². The van der Waals surface area contributed by atoms with E-state index in [4.69, 9.17) is 0 Å². The Morgan fingerprint density at radius 3 is 2.62 bits per heavy atom. The second-order valence-electron chi connectivity index (χ2n) is 6.71. The van der Waals surface area contributed by atoms with Crippen molar-refractivity contribution in [1.29, 1.82) is 0 Å². The van der Waals surface area contributed by atoms with Crippen LogP contribution in [-0.2, 0) is 6.42 Å². The standard InChI is InChI=1S/C17H19BrN2O/c1-10-5-16(19-9-13(10)18)20-11(2)6-12-14(20)7-17(3,4)8-15(12)21/h5-6,9H,7-8H2,1-4H3. The highest BCUT2D eigenvalue weighted by atomic mass is 79.9. The fourth-order valence-electron chi connectivity index (χ4n) is 3.12. The molecular weight excluding hydrogens is 328 g/mol. The number of fused-ring (bicyclic) bond motifs is 1. The van der Waals surface area contributed by atoms with E-state index in [1.165, 1.54) is 0 Å². The predicted octanol–water partition coefficient (Wildman–Crippen LogP) is 4.41. The quantitative estimate of drug-likeness (QED) is 0.766. The maximum absolute atomic E-state index is 12.4. The molecule has 2 aromatic rings. The zero-order chi connectivity index (χ0) is 15.4. The third-order valence-electron chi connectivity index (χ3n) is 4.13. The third-order valence-corrected chi connectivity index (χ3v) is 4.96. The summed E-state index contributed by atoms with van der Waals surface area (Å²) in [5.41, 5.74) is 4.19. The van der Waals surface area contributed by atoms with Gasteiger partial charge >= 0.3 is 0 Å². The van der Waals surface area contributed by atoms with Gasteiger partial charge in [0, 0.05) is 34.0 Å². The van der Waals surface area contributed by atoms with Gasteiger partial charge in [0.05, 0.1) is 0 Å². The Balaban J connectivity index is 2.20. The smallest absolute Gasteiger partial charge is 0.165 e. The molecule has 0 bridgehead atoms. The molecule has 2 aromatic heterocycles. The fourth-order valence-corrected chi connectivity index (χ4v) is 3.33. The average molecular weight is 347 g/mol.